The molecule has 0 spiro atoms. The Morgan fingerprint density at radius 2 is 2.00 bits per heavy atom. The molecule has 0 fully saturated rings. The van der Waals surface area contributed by atoms with E-state index in [0.717, 1.165) is 0 Å². The highest BCUT2D eigenvalue weighted by atomic mass is 16.6. The summed E-state index contributed by atoms with van der Waals surface area (Å²) in [6.07, 6.45) is 0.893. The number of ether oxygens (including phenoxy) is 2. The van der Waals surface area contributed by atoms with Gasteiger partial charge in [-0.05, 0) is 32.9 Å². The Labute approximate surface area is 112 Å². The van der Waals surface area contributed by atoms with E-state index in [1.807, 2.05) is 0 Å². The van der Waals surface area contributed by atoms with Gasteiger partial charge in [0, 0.05) is 6.20 Å². The summed E-state index contributed by atoms with van der Waals surface area (Å²) >= 11 is 0. The average Bonchev–Trinajstić information content (AvgIpc) is 2.34. The van der Waals surface area contributed by atoms with Crippen LogP contribution in [-0.4, -0.2) is 29.8 Å². The summed E-state index contributed by atoms with van der Waals surface area (Å²) in [7, 11) is 1.31. The largest absolute Gasteiger partial charge is 0.465 e. The molecule has 1 heterocycles. The molecule has 1 N–H and O–H groups in total. The predicted octanol–water partition coefficient (Wildman–Crippen LogP) is 1.89. The quantitative estimate of drug-likeness (QED) is 0.845. The van der Waals surface area contributed by atoms with Crippen LogP contribution in [0.15, 0.2) is 18.3 Å². The fourth-order valence-corrected chi connectivity index (χ4v) is 1.24. The van der Waals surface area contributed by atoms with Gasteiger partial charge in [-0.1, -0.05) is 0 Å². The number of amides is 1. The number of methoxy groups -OCH3 is 1. The lowest BCUT2D eigenvalue weighted by molar-refractivity contribution is 0.0521. The molecule has 0 aromatic carbocycles. The van der Waals surface area contributed by atoms with E-state index in [1.165, 1.54) is 13.3 Å². The number of nitrogens with zero attached hydrogens (tertiary/aromatic N) is 1. The molecule has 6 nitrogen and oxygen atoms in total. The molecule has 0 unspecified atom stereocenters. The first-order valence-electron chi connectivity index (χ1n) is 5.82. The number of hydrogen-bond donors (Lipinski definition) is 1. The number of hydrogen-bond acceptors (Lipinski definition) is 5. The van der Waals surface area contributed by atoms with Crippen molar-refractivity contribution in [3.8, 4) is 0 Å². The Balaban J connectivity index is 2.50. The first kappa shape index (κ1) is 14.9. The molecule has 0 aliphatic rings. The second-order valence-corrected chi connectivity index (χ2v) is 4.89. The minimum absolute atomic E-state index is 0.233. The minimum Gasteiger partial charge on any atom is -0.465 e. The minimum atomic E-state index is -0.535. The number of pyridine rings is 1. The van der Waals surface area contributed by atoms with Crippen molar-refractivity contribution >= 4 is 12.1 Å². The van der Waals surface area contributed by atoms with Crippen LogP contribution in [0, 0.1) is 0 Å². The van der Waals surface area contributed by atoms with Gasteiger partial charge in [-0.15, -0.1) is 0 Å². The van der Waals surface area contributed by atoms with Crippen molar-refractivity contribution in [2.24, 2.45) is 0 Å². The smallest absolute Gasteiger partial charge is 0.407 e. The lowest BCUT2D eigenvalue weighted by Crippen LogP contribution is -2.32. The number of carbonyl (C=O) groups is 2. The normalized spacial score (nSPS) is 10.7. The molecule has 104 valence electrons. The fourth-order valence-electron chi connectivity index (χ4n) is 1.24. The third-order valence-corrected chi connectivity index (χ3v) is 2.06. The summed E-state index contributed by atoms with van der Waals surface area (Å²) < 4.78 is 9.65. The van der Waals surface area contributed by atoms with Crippen LogP contribution in [0.2, 0.25) is 0 Å². The lowest BCUT2D eigenvalue weighted by atomic mass is 10.2. The molecule has 6 heteroatoms. The van der Waals surface area contributed by atoms with Gasteiger partial charge in [0.2, 0.25) is 0 Å². The van der Waals surface area contributed by atoms with Gasteiger partial charge in [0.15, 0.2) is 0 Å². The number of aromatic nitrogens is 1. The van der Waals surface area contributed by atoms with Crippen molar-refractivity contribution in [2.45, 2.75) is 32.9 Å². The summed E-state index contributed by atoms with van der Waals surface area (Å²) in [5.41, 5.74) is 0.453. The van der Waals surface area contributed by atoms with Crippen molar-refractivity contribution in [2.75, 3.05) is 7.11 Å². The Hall–Kier alpha value is -2.11. The van der Waals surface area contributed by atoms with Crippen molar-refractivity contribution in [1.82, 2.24) is 10.3 Å². The molecular formula is C13H18N2O4. The molecule has 1 amide bonds. The van der Waals surface area contributed by atoms with E-state index >= 15 is 0 Å². The SMILES string of the molecule is COC(=O)c1ccc(CNC(=O)OC(C)(C)C)nc1. The maximum atomic E-state index is 11.4. The van der Waals surface area contributed by atoms with Crippen molar-refractivity contribution in [1.29, 1.82) is 0 Å². The summed E-state index contributed by atoms with van der Waals surface area (Å²) in [6, 6.07) is 3.23. The van der Waals surface area contributed by atoms with Gasteiger partial charge in [0.1, 0.15) is 5.60 Å². The molecule has 0 aliphatic heterocycles. The van der Waals surface area contributed by atoms with Gasteiger partial charge in [-0.3, -0.25) is 4.98 Å². The first-order chi connectivity index (χ1) is 8.81. The molecule has 1 aromatic rings. The molecular weight excluding hydrogens is 248 g/mol. The van der Waals surface area contributed by atoms with Crippen LogP contribution in [0.5, 0.6) is 0 Å². The monoisotopic (exact) mass is 266 g/mol. The molecule has 0 saturated carbocycles. The molecule has 0 bridgehead atoms. The van der Waals surface area contributed by atoms with Gasteiger partial charge in [0.25, 0.3) is 0 Å². The van der Waals surface area contributed by atoms with Gasteiger partial charge >= 0.3 is 12.1 Å². The van der Waals surface area contributed by atoms with Crippen LogP contribution in [-0.2, 0) is 16.0 Å². The van der Waals surface area contributed by atoms with E-state index in [4.69, 9.17) is 4.74 Å². The van der Waals surface area contributed by atoms with Crippen molar-refractivity contribution in [3.63, 3.8) is 0 Å². The van der Waals surface area contributed by atoms with E-state index < -0.39 is 17.7 Å². The van der Waals surface area contributed by atoms with Crippen LogP contribution < -0.4 is 5.32 Å². The molecule has 0 saturated heterocycles. The maximum Gasteiger partial charge on any atom is 0.407 e. The highest BCUT2D eigenvalue weighted by Gasteiger charge is 2.15. The van der Waals surface area contributed by atoms with E-state index in [-0.39, 0.29) is 6.54 Å². The molecule has 0 aliphatic carbocycles. The van der Waals surface area contributed by atoms with E-state index in [1.54, 1.807) is 32.9 Å². The Morgan fingerprint density at radius 3 is 2.47 bits per heavy atom. The summed E-state index contributed by atoms with van der Waals surface area (Å²) in [5.74, 6) is -0.445. The molecule has 19 heavy (non-hydrogen) atoms. The number of esters is 1. The summed E-state index contributed by atoms with van der Waals surface area (Å²) in [6.45, 7) is 5.60. The highest BCUT2D eigenvalue weighted by Crippen LogP contribution is 2.07. The number of nitrogens with one attached hydrogen (secondary N) is 1. The van der Waals surface area contributed by atoms with E-state index in [0.29, 0.717) is 11.3 Å². The standard InChI is InChI=1S/C13H18N2O4/c1-13(2,3)19-12(17)15-8-10-6-5-9(7-14-10)11(16)18-4/h5-7H,8H2,1-4H3,(H,15,17). The Bertz CT molecular complexity index is 449. The average molecular weight is 266 g/mol. The summed E-state index contributed by atoms with van der Waals surface area (Å²) in [4.78, 5) is 26.7. The second kappa shape index (κ2) is 6.17. The van der Waals surface area contributed by atoms with Crippen LogP contribution in [0.3, 0.4) is 0 Å². The zero-order valence-electron chi connectivity index (χ0n) is 11.5. The van der Waals surface area contributed by atoms with Crippen molar-refractivity contribution in [3.05, 3.63) is 29.6 Å². The van der Waals surface area contributed by atoms with Crippen LogP contribution in [0.1, 0.15) is 36.8 Å². The van der Waals surface area contributed by atoms with Crippen LogP contribution in [0.4, 0.5) is 4.79 Å². The maximum absolute atomic E-state index is 11.4. The number of alkyl carbamates (subject to hydrolysis) is 1. The van der Waals surface area contributed by atoms with E-state index in [9.17, 15) is 9.59 Å². The number of carbonyl (C=O) groups excluding carboxylic acids is 2. The van der Waals surface area contributed by atoms with Crippen LogP contribution >= 0.6 is 0 Å². The van der Waals surface area contributed by atoms with Crippen LogP contribution in [0.25, 0.3) is 0 Å². The number of rotatable bonds is 3. The lowest BCUT2D eigenvalue weighted by Gasteiger charge is -2.19. The van der Waals surface area contributed by atoms with Gasteiger partial charge in [-0.25, -0.2) is 9.59 Å². The third-order valence-electron chi connectivity index (χ3n) is 2.06. The zero-order chi connectivity index (χ0) is 14.5. The third kappa shape index (κ3) is 5.37. The van der Waals surface area contributed by atoms with Gasteiger partial charge in [0.05, 0.1) is 24.9 Å². The topological polar surface area (TPSA) is 77.5 Å². The molecule has 0 radical (unpaired) electrons. The van der Waals surface area contributed by atoms with E-state index in [2.05, 4.69) is 15.0 Å². The Morgan fingerprint density at radius 1 is 1.32 bits per heavy atom. The second-order valence-electron chi connectivity index (χ2n) is 4.89. The molecule has 1 rings (SSSR count). The highest BCUT2D eigenvalue weighted by molar-refractivity contribution is 5.88. The van der Waals surface area contributed by atoms with Gasteiger partial charge < -0.3 is 14.8 Å². The molecule has 1 aromatic heterocycles. The summed E-state index contributed by atoms with van der Waals surface area (Å²) in [5, 5.41) is 2.58. The van der Waals surface area contributed by atoms with Gasteiger partial charge in [-0.2, -0.15) is 0 Å². The zero-order valence-corrected chi connectivity index (χ0v) is 11.5. The Kier molecular flexibility index (Phi) is 4.86. The fraction of sp³-hybridized carbons (Fsp3) is 0.462. The predicted molar refractivity (Wildman–Crippen MR) is 68.7 cm³/mol. The molecule has 0 atom stereocenters. The first-order valence-corrected chi connectivity index (χ1v) is 5.82. The van der Waals surface area contributed by atoms with Crippen molar-refractivity contribution < 1.29 is 19.1 Å².